The molecule has 0 aliphatic carbocycles. The van der Waals surface area contributed by atoms with Gasteiger partial charge in [-0.3, -0.25) is 9.78 Å². The van der Waals surface area contributed by atoms with E-state index in [0.29, 0.717) is 13.0 Å². The quantitative estimate of drug-likeness (QED) is 0.724. The van der Waals surface area contributed by atoms with E-state index in [1.807, 2.05) is 13.0 Å². The number of carbonyl (C=O) groups is 1. The first-order valence-electron chi connectivity index (χ1n) is 6.16. The van der Waals surface area contributed by atoms with Crippen molar-refractivity contribution in [3.8, 4) is 0 Å². The monoisotopic (exact) mass is 285 g/mol. The predicted octanol–water partition coefficient (Wildman–Crippen LogP) is 0.417. The van der Waals surface area contributed by atoms with Crippen LogP contribution in [0.2, 0.25) is 0 Å². The van der Waals surface area contributed by atoms with Gasteiger partial charge < -0.3 is 5.32 Å². The number of aromatic nitrogens is 1. The Kier molecular flexibility index (Phi) is 6.44. The van der Waals surface area contributed by atoms with E-state index in [4.69, 9.17) is 0 Å². The molecule has 2 N–H and O–H groups in total. The molecule has 7 heteroatoms. The number of pyridine rings is 1. The van der Waals surface area contributed by atoms with Gasteiger partial charge in [0.05, 0.1) is 12.3 Å². The molecule has 0 fully saturated rings. The van der Waals surface area contributed by atoms with Crippen LogP contribution in [0.4, 0.5) is 0 Å². The number of amides is 1. The van der Waals surface area contributed by atoms with Crippen LogP contribution >= 0.6 is 0 Å². The number of rotatable bonds is 8. The first-order valence-corrected chi connectivity index (χ1v) is 7.81. The van der Waals surface area contributed by atoms with Gasteiger partial charge in [0.15, 0.2) is 0 Å². The summed E-state index contributed by atoms with van der Waals surface area (Å²) >= 11 is 0. The van der Waals surface area contributed by atoms with E-state index < -0.39 is 10.0 Å². The average Bonchev–Trinajstić information content (AvgIpc) is 2.42. The van der Waals surface area contributed by atoms with Crippen LogP contribution in [-0.4, -0.2) is 31.6 Å². The maximum Gasteiger partial charge on any atom is 0.235 e. The highest BCUT2D eigenvalue weighted by Gasteiger charge is 2.11. The lowest BCUT2D eigenvalue weighted by molar-refractivity contribution is -0.120. The zero-order valence-corrected chi connectivity index (χ0v) is 11.7. The molecule has 0 bridgehead atoms. The number of hydrogen-bond acceptors (Lipinski definition) is 4. The molecule has 1 aromatic rings. The van der Waals surface area contributed by atoms with E-state index in [9.17, 15) is 13.2 Å². The fraction of sp³-hybridized carbons (Fsp3) is 0.500. The van der Waals surface area contributed by atoms with Crippen molar-refractivity contribution in [3.63, 3.8) is 0 Å². The fourth-order valence-corrected chi connectivity index (χ4v) is 2.51. The Labute approximate surface area is 113 Å². The third-order valence-corrected chi connectivity index (χ3v) is 3.84. The van der Waals surface area contributed by atoms with Crippen molar-refractivity contribution in [1.82, 2.24) is 15.0 Å². The van der Waals surface area contributed by atoms with Crippen LogP contribution in [-0.2, 0) is 21.4 Å². The highest BCUT2D eigenvalue weighted by atomic mass is 32.2. The van der Waals surface area contributed by atoms with Crippen LogP contribution in [0.25, 0.3) is 0 Å². The number of nitrogens with one attached hydrogen (secondary N) is 2. The van der Waals surface area contributed by atoms with Crippen molar-refractivity contribution in [3.05, 3.63) is 30.1 Å². The minimum absolute atomic E-state index is 0.0549. The van der Waals surface area contributed by atoms with Crippen molar-refractivity contribution < 1.29 is 13.2 Å². The fourth-order valence-electron chi connectivity index (χ4n) is 1.35. The molecule has 1 amide bonds. The van der Waals surface area contributed by atoms with Gasteiger partial charge in [-0.05, 0) is 18.1 Å². The van der Waals surface area contributed by atoms with Gasteiger partial charge in [-0.25, -0.2) is 13.1 Å². The van der Waals surface area contributed by atoms with Gasteiger partial charge in [-0.2, -0.15) is 0 Å². The summed E-state index contributed by atoms with van der Waals surface area (Å²) in [6, 6.07) is 3.60. The molecule has 0 aliphatic rings. The topological polar surface area (TPSA) is 88.2 Å². The zero-order valence-electron chi connectivity index (χ0n) is 10.9. The highest BCUT2D eigenvalue weighted by Crippen LogP contribution is 1.95. The molecule has 106 valence electrons. The largest absolute Gasteiger partial charge is 0.351 e. The molecular formula is C12H19N3O3S. The number of nitrogens with zero attached hydrogens (tertiary/aromatic N) is 1. The summed E-state index contributed by atoms with van der Waals surface area (Å²) < 4.78 is 25.2. The minimum Gasteiger partial charge on any atom is -0.351 e. The van der Waals surface area contributed by atoms with Gasteiger partial charge in [0, 0.05) is 18.9 Å². The summed E-state index contributed by atoms with van der Waals surface area (Å²) in [6.45, 7) is 2.02. The van der Waals surface area contributed by atoms with Gasteiger partial charge in [0.25, 0.3) is 0 Å². The normalized spacial score (nSPS) is 11.2. The molecule has 0 saturated carbocycles. The standard InChI is InChI=1S/C12H19N3O3S/c1-2-3-7-19(17,18)15-10-12(16)14-9-11-5-4-6-13-8-11/h4-6,8,15H,2-3,7,9-10H2,1H3,(H,14,16). The Morgan fingerprint density at radius 3 is 2.84 bits per heavy atom. The molecule has 1 rings (SSSR count). The summed E-state index contributed by atoms with van der Waals surface area (Å²) in [5.74, 6) is -0.303. The SMILES string of the molecule is CCCCS(=O)(=O)NCC(=O)NCc1cccnc1. The van der Waals surface area contributed by atoms with Gasteiger partial charge in [0.2, 0.25) is 15.9 Å². The van der Waals surface area contributed by atoms with E-state index in [1.54, 1.807) is 18.5 Å². The maximum absolute atomic E-state index is 11.5. The molecule has 1 aromatic heterocycles. The molecule has 19 heavy (non-hydrogen) atoms. The Bertz CT molecular complexity index is 488. The number of hydrogen-bond donors (Lipinski definition) is 2. The predicted molar refractivity (Wildman–Crippen MR) is 72.8 cm³/mol. The Hall–Kier alpha value is -1.47. The summed E-state index contributed by atoms with van der Waals surface area (Å²) in [4.78, 5) is 15.4. The van der Waals surface area contributed by atoms with Crippen molar-refractivity contribution in [2.45, 2.75) is 26.3 Å². The number of sulfonamides is 1. The summed E-state index contributed by atoms with van der Waals surface area (Å²) in [6.07, 6.45) is 4.68. The smallest absolute Gasteiger partial charge is 0.235 e. The number of unbranched alkanes of at least 4 members (excludes halogenated alkanes) is 1. The van der Waals surface area contributed by atoms with Gasteiger partial charge in [0.1, 0.15) is 0 Å². The van der Waals surface area contributed by atoms with Gasteiger partial charge in [-0.1, -0.05) is 19.4 Å². The second kappa shape index (κ2) is 7.85. The highest BCUT2D eigenvalue weighted by molar-refractivity contribution is 7.89. The Balaban J connectivity index is 2.28. The first-order chi connectivity index (χ1) is 9.03. The van der Waals surface area contributed by atoms with E-state index in [-0.39, 0.29) is 18.2 Å². The molecule has 0 atom stereocenters. The number of carbonyl (C=O) groups excluding carboxylic acids is 1. The van der Waals surface area contributed by atoms with Crippen molar-refractivity contribution in [2.75, 3.05) is 12.3 Å². The third-order valence-electron chi connectivity index (χ3n) is 2.43. The van der Waals surface area contributed by atoms with E-state index >= 15 is 0 Å². The molecule has 0 radical (unpaired) electrons. The van der Waals surface area contributed by atoms with Crippen LogP contribution in [0.3, 0.4) is 0 Å². The van der Waals surface area contributed by atoms with Crippen molar-refractivity contribution >= 4 is 15.9 Å². The Morgan fingerprint density at radius 1 is 1.42 bits per heavy atom. The average molecular weight is 285 g/mol. The van der Waals surface area contributed by atoms with Crippen molar-refractivity contribution in [2.24, 2.45) is 0 Å². The molecule has 1 heterocycles. The first kappa shape index (κ1) is 15.6. The van der Waals surface area contributed by atoms with Crippen LogP contribution in [0.15, 0.2) is 24.5 Å². The van der Waals surface area contributed by atoms with Crippen LogP contribution in [0, 0.1) is 0 Å². The van der Waals surface area contributed by atoms with Gasteiger partial charge >= 0.3 is 0 Å². The lowest BCUT2D eigenvalue weighted by Gasteiger charge is -2.07. The van der Waals surface area contributed by atoms with Gasteiger partial charge in [-0.15, -0.1) is 0 Å². The molecule has 0 saturated heterocycles. The van der Waals surface area contributed by atoms with Crippen LogP contribution < -0.4 is 10.0 Å². The van der Waals surface area contributed by atoms with Crippen LogP contribution in [0.5, 0.6) is 0 Å². The molecule has 0 spiro atoms. The Morgan fingerprint density at radius 2 is 2.21 bits per heavy atom. The maximum atomic E-state index is 11.5. The summed E-state index contributed by atoms with van der Waals surface area (Å²) in [5.41, 5.74) is 0.865. The lowest BCUT2D eigenvalue weighted by Crippen LogP contribution is -2.37. The molecule has 0 aliphatic heterocycles. The van der Waals surface area contributed by atoms with E-state index in [1.165, 1.54) is 0 Å². The molecule has 0 aromatic carbocycles. The summed E-state index contributed by atoms with van der Waals surface area (Å²) in [5, 5.41) is 2.62. The minimum atomic E-state index is -3.34. The van der Waals surface area contributed by atoms with E-state index in [0.717, 1.165) is 12.0 Å². The second-order valence-corrected chi connectivity index (χ2v) is 6.06. The van der Waals surface area contributed by atoms with Crippen molar-refractivity contribution in [1.29, 1.82) is 0 Å². The third kappa shape index (κ3) is 6.88. The van der Waals surface area contributed by atoms with Crippen LogP contribution in [0.1, 0.15) is 25.3 Å². The van der Waals surface area contributed by atoms with E-state index in [2.05, 4.69) is 15.0 Å². The molecular weight excluding hydrogens is 266 g/mol. The lowest BCUT2D eigenvalue weighted by atomic mass is 10.3. The molecule has 6 nitrogen and oxygen atoms in total. The summed E-state index contributed by atoms with van der Waals surface area (Å²) in [7, 11) is -3.34. The molecule has 0 unspecified atom stereocenters. The second-order valence-electron chi connectivity index (χ2n) is 4.13. The zero-order chi connectivity index (χ0) is 14.1.